The number of hydrogen-bond donors (Lipinski definition) is 5. The van der Waals surface area contributed by atoms with Crippen LogP contribution in [-0.4, -0.2) is 30.4 Å². The van der Waals surface area contributed by atoms with Crippen molar-refractivity contribution in [3.63, 3.8) is 0 Å². The van der Waals surface area contributed by atoms with Gasteiger partial charge < -0.3 is 0 Å². The second-order valence-corrected chi connectivity index (χ2v) is 4.00. The summed E-state index contributed by atoms with van der Waals surface area (Å²) in [6, 6.07) is 17.3. The molecule has 3 rings (SSSR count). The Kier molecular flexibility index (Phi) is 22.5. The van der Waals surface area contributed by atoms with Crippen LogP contribution >= 0.6 is 0 Å². The summed E-state index contributed by atoms with van der Waals surface area (Å²) < 4.78 is 0. The predicted molar refractivity (Wildman–Crippen MR) is 96.7 cm³/mol. The van der Waals surface area contributed by atoms with Crippen LogP contribution in [0.4, 0.5) is 0 Å². The highest BCUT2D eigenvalue weighted by Crippen LogP contribution is 2.35. The third-order valence-corrected chi connectivity index (χ3v) is 2.71. The molecule has 5 N–H and O–H groups in total. The Balaban J connectivity index is -0.000000350. The third-order valence-electron chi connectivity index (χ3n) is 2.71. The minimum atomic E-state index is 0.750. The Morgan fingerprint density at radius 2 is 0.714 bits per heavy atom. The number of rotatable bonds is 0. The predicted octanol–water partition coefficient (Wildman–Crippen LogP) is 2.76. The highest BCUT2D eigenvalue weighted by molar-refractivity contribution is 5.76. The van der Waals surface area contributed by atoms with Crippen molar-refractivity contribution >= 4 is 30.4 Å². The van der Waals surface area contributed by atoms with Gasteiger partial charge in [0.2, 0.25) is 30.4 Å². The van der Waals surface area contributed by atoms with E-state index in [9.17, 15) is 0 Å². The Morgan fingerprint density at radius 1 is 0.500 bits per heavy atom. The van der Waals surface area contributed by atoms with Gasteiger partial charge in [0.15, 0.2) is 0 Å². The molecule has 10 nitrogen and oxygen atoms in total. The summed E-state index contributed by atoms with van der Waals surface area (Å²) in [4.78, 5) is 41.7. The SMILES string of the molecule is N=C=O.N=C=O.N=C=O.N=C=O.N=C=O.c1ccc2c(c1)Cc1ccccc1-2. The fourth-order valence-electron chi connectivity index (χ4n) is 2.08. The van der Waals surface area contributed by atoms with Crippen LogP contribution in [0.15, 0.2) is 48.5 Å². The Morgan fingerprint density at radius 3 is 0.964 bits per heavy atom. The standard InChI is InChI=1S/C13H10.5CHNO/c1-3-7-12-10(5-1)9-11-6-2-4-8-13(11)12;5*2-1-3/h1-8H,9H2;5*2H. The van der Waals surface area contributed by atoms with Crippen LogP contribution in [0, 0.1) is 27.0 Å². The van der Waals surface area contributed by atoms with Gasteiger partial charge in [0.05, 0.1) is 0 Å². The lowest BCUT2D eigenvalue weighted by Crippen LogP contribution is -1.77. The minimum absolute atomic E-state index is 0.750. The summed E-state index contributed by atoms with van der Waals surface area (Å²) in [7, 11) is 0. The lowest BCUT2D eigenvalue weighted by Gasteiger charge is -1.98. The summed E-state index contributed by atoms with van der Waals surface area (Å²) in [5.74, 6) is 0. The molecule has 10 heteroatoms. The van der Waals surface area contributed by atoms with Crippen molar-refractivity contribution in [3.05, 3.63) is 59.7 Å². The van der Waals surface area contributed by atoms with Crippen LogP contribution in [0.2, 0.25) is 0 Å². The number of carbonyl (C=O) groups excluding carboxylic acids is 5. The molecule has 28 heavy (non-hydrogen) atoms. The molecule has 0 saturated heterocycles. The van der Waals surface area contributed by atoms with Gasteiger partial charge in [-0.1, -0.05) is 48.5 Å². The van der Waals surface area contributed by atoms with E-state index in [0.717, 1.165) is 36.8 Å². The fourth-order valence-corrected chi connectivity index (χ4v) is 2.08. The van der Waals surface area contributed by atoms with Gasteiger partial charge in [0.25, 0.3) is 0 Å². The highest BCUT2D eigenvalue weighted by Gasteiger charge is 2.15. The molecule has 0 spiro atoms. The van der Waals surface area contributed by atoms with Crippen molar-refractivity contribution < 1.29 is 24.0 Å². The molecule has 0 aliphatic heterocycles. The van der Waals surface area contributed by atoms with Crippen molar-refractivity contribution in [2.45, 2.75) is 6.42 Å². The number of hydrogen-bond acceptors (Lipinski definition) is 10. The summed E-state index contributed by atoms with van der Waals surface area (Å²) in [6.07, 6.45) is 4.85. The summed E-state index contributed by atoms with van der Waals surface area (Å²) in [5.41, 5.74) is 5.75. The van der Waals surface area contributed by atoms with Crippen LogP contribution in [0.5, 0.6) is 0 Å². The topological polar surface area (TPSA) is 205 Å². The first-order valence-corrected chi connectivity index (χ1v) is 6.88. The van der Waals surface area contributed by atoms with E-state index in [1.165, 1.54) is 22.3 Å². The second-order valence-electron chi connectivity index (χ2n) is 4.00. The molecule has 0 heterocycles. The Hall–Kier alpha value is -4.66. The zero-order valence-corrected chi connectivity index (χ0v) is 14.4. The maximum absolute atomic E-state index is 8.35. The average molecular weight is 381 g/mol. The van der Waals surface area contributed by atoms with Gasteiger partial charge >= 0.3 is 0 Å². The molecular weight excluding hydrogens is 366 g/mol. The molecule has 1 aliphatic carbocycles. The fraction of sp³-hybridized carbons (Fsp3) is 0.0556. The van der Waals surface area contributed by atoms with Gasteiger partial charge in [-0.3, -0.25) is 0 Å². The van der Waals surface area contributed by atoms with E-state index >= 15 is 0 Å². The van der Waals surface area contributed by atoms with E-state index in [4.69, 9.17) is 51.0 Å². The van der Waals surface area contributed by atoms with Gasteiger partial charge in [-0.25, -0.2) is 51.0 Å². The van der Waals surface area contributed by atoms with Crippen molar-refractivity contribution in [1.82, 2.24) is 0 Å². The van der Waals surface area contributed by atoms with E-state index in [1.807, 2.05) is 0 Å². The van der Waals surface area contributed by atoms with Crippen LogP contribution in [-0.2, 0) is 30.4 Å². The molecule has 2 aromatic rings. The zero-order valence-electron chi connectivity index (χ0n) is 14.4. The van der Waals surface area contributed by atoms with Gasteiger partial charge in [0.1, 0.15) is 0 Å². The van der Waals surface area contributed by atoms with Crippen molar-refractivity contribution in [3.8, 4) is 11.1 Å². The first-order chi connectivity index (χ1) is 13.5. The molecule has 0 unspecified atom stereocenters. The maximum atomic E-state index is 8.35. The maximum Gasteiger partial charge on any atom is 0.231 e. The number of benzene rings is 2. The van der Waals surface area contributed by atoms with E-state index in [2.05, 4.69) is 48.5 Å². The lowest BCUT2D eigenvalue weighted by molar-refractivity contribution is 0.562. The first kappa shape index (κ1) is 28.2. The molecular formula is C18H15N5O5. The zero-order chi connectivity index (χ0) is 22.2. The number of nitrogens with one attached hydrogen (secondary N) is 5. The summed E-state index contributed by atoms with van der Waals surface area (Å²) in [6.45, 7) is 0. The molecule has 0 radical (unpaired) electrons. The van der Waals surface area contributed by atoms with Crippen LogP contribution in [0.1, 0.15) is 11.1 Å². The van der Waals surface area contributed by atoms with Gasteiger partial charge in [-0.15, -0.1) is 0 Å². The number of fused-ring (bicyclic) bond motifs is 3. The molecule has 0 atom stereocenters. The minimum Gasteiger partial charge on any atom is -0.222 e. The van der Waals surface area contributed by atoms with Crippen LogP contribution in [0.3, 0.4) is 0 Å². The van der Waals surface area contributed by atoms with Crippen molar-refractivity contribution in [1.29, 1.82) is 27.0 Å². The molecule has 0 bridgehead atoms. The lowest BCUT2D eigenvalue weighted by atomic mass is 10.1. The Labute approximate surface area is 159 Å². The van der Waals surface area contributed by atoms with Gasteiger partial charge in [0, 0.05) is 0 Å². The van der Waals surface area contributed by atoms with Gasteiger partial charge in [-0.05, 0) is 28.7 Å². The third kappa shape index (κ3) is 13.7. The second kappa shape index (κ2) is 22.3. The first-order valence-electron chi connectivity index (χ1n) is 6.88. The molecule has 0 aromatic heterocycles. The number of isocyanates is 5. The summed E-state index contributed by atoms with van der Waals surface area (Å²) in [5, 5.41) is 27.0. The smallest absolute Gasteiger partial charge is 0.222 e. The largest absolute Gasteiger partial charge is 0.231 e. The highest BCUT2D eigenvalue weighted by atomic mass is 16.1. The molecule has 0 saturated carbocycles. The molecule has 0 fully saturated rings. The molecule has 2 aromatic carbocycles. The van der Waals surface area contributed by atoms with Crippen LogP contribution in [0.25, 0.3) is 11.1 Å². The Bertz CT molecular complexity index is 768. The van der Waals surface area contributed by atoms with Gasteiger partial charge in [-0.2, -0.15) is 0 Å². The van der Waals surface area contributed by atoms with E-state index in [0.29, 0.717) is 0 Å². The van der Waals surface area contributed by atoms with Crippen LogP contribution < -0.4 is 0 Å². The monoisotopic (exact) mass is 381 g/mol. The average Bonchev–Trinajstić information content (AvgIpc) is 3.04. The van der Waals surface area contributed by atoms with E-state index < -0.39 is 0 Å². The normalized spacial score (nSPS) is 7.14. The van der Waals surface area contributed by atoms with Crippen molar-refractivity contribution in [2.24, 2.45) is 0 Å². The quantitative estimate of drug-likeness (QED) is 0.293. The summed E-state index contributed by atoms with van der Waals surface area (Å²) >= 11 is 0. The molecule has 1 aliphatic rings. The molecule has 0 amide bonds. The molecule has 142 valence electrons. The van der Waals surface area contributed by atoms with E-state index in [-0.39, 0.29) is 0 Å². The van der Waals surface area contributed by atoms with E-state index in [1.54, 1.807) is 0 Å². The van der Waals surface area contributed by atoms with Crippen molar-refractivity contribution in [2.75, 3.05) is 0 Å².